The van der Waals surface area contributed by atoms with Gasteiger partial charge in [0.2, 0.25) is 10.0 Å². The smallest absolute Gasteiger partial charge is 0.260 e. The van der Waals surface area contributed by atoms with E-state index in [9.17, 15) is 13.2 Å². The minimum atomic E-state index is -3.17. The molecule has 0 radical (unpaired) electrons. The second-order valence-electron chi connectivity index (χ2n) is 4.76. The van der Waals surface area contributed by atoms with E-state index < -0.39 is 10.0 Å². The molecule has 8 heteroatoms. The molecule has 1 heterocycles. The lowest BCUT2D eigenvalue weighted by Gasteiger charge is -2.33. The Morgan fingerprint density at radius 2 is 1.86 bits per heavy atom. The molecule has 1 saturated heterocycles. The molecule has 0 bridgehead atoms. The van der Waals surface area contributed by atoms with Crippen molar-refractivity contribution in [3.8, 4) is 5.75 Å². The second-order valence-corrected chi connectivity index (χ2v) is 7.91. The van der Waals surface area contributed by atoms with Gasteiger partial charge in [-0.25, -0.2) is 8.42 Å². The van der Waals surface area contributed by atoms with Gasteiger partial charge in [-0.15, -0.1) is 0 Å². The summed E-state index contributed by atoms with van der Waals surface area (Å²) >= 11 is 2.15. The van der Waals surface area contributed by atoms with Crippen molar-refractivity contribution in [2.75, 3.05) is 39.0 Å². The number of sulfonamides is 1. The lowest BCUT2D eigenvalue weighted by Crippen LogP contribution is -2.51. The molecule has 1 aromatic rings. The van der Waals surface area contributed by atoms with Gasteiger partial charge in [0.1, 0.15) is 5.75 Å². The van der Waals surface area contributed by atoms with Gasteiger partial charge in [-0.2, -0.15) is 4.31 Å². The van der Waals surface area contributed by atoms with Crippen LogP contribution in [0.5, 0.6) is 5.75 Å². The van der Waals surface area contributed by atoms with Crippen molar-refractivity contribution in [2.45, 2.75) is 0 Å². The summed E-state index contributed by atoms with van der Waals surface area (Å²) in [4.78, 5) is 13.7. The zero-order valence-corrected chi connectivity index (χ0v) is 14.6. The summed E-state index contributed by atoms with van der Waals surface area (Å²) in [5.41, 5.74) is 0. The zero-order chi connectivity index (χ0) is 15.5. The Morgan fingerprint density at radius 3 is 2.43 bits per heavy atom. The molecule has 1 aliphatic heterocycles. The average molecular weight is 424 g/mol. The molecule has 0 aliphatic carbocycles. The van der Waals surface area contributed by atoms with Gasteiger partial charge in [-0.1, -0.05) is 12.1 Å². The Bertz CT molecular complexity index is 612. The van der Waals surface area contributed by atoms with Crippen molar-refractivity contribution >= 4 is 38.5 Å². The first-order valence-corrected chi connectivity index (χ1v) is 9.41. The molecule has 0 unspecified atom stereocenters. The number of ether oxygens (including phenoxy) is 1. The fraction of sp³-hybridized carbons (Fsp3) is 0.462. The van der Waals surface area contributed by atoms with Crippen molar-refractivity contribution in [1.82, 2.24) is 9.21 Å². The summed E-state index contributed by atoms with van der Waals surface area (Å²) in [6, 6.07) is 7.48. The summed E-state index contributed by atoms with van der Waals surface area (Å²) in [6.07, 6.45) is 1.19. The number of amides is 1. The highest BCUT2D eigenvalue weighted by atomic mass is 127. The summed E-state index contributed by atoms with van der Waals surface area (Å²) in [5, 5.41) is 0. The van der Waals surface area contributed by atoms with Crippen LogP contribution in [0.2, 0.25) is 0 Å². The molecule has 6 nitrogen and oxygen atoms in total. The maximum atomic E-state index is 12.1. The van der Waals surface area contributed by atoms with E-state index in [0.29, 0.717) is 31.9 Å². The number of hydrogen-bond donors (Lipinski definition) is 0. The molecule has 0 aromatic heterocycles. The van der Waals surface area contributed by atoms with Gasteiger partial charge in [0.05, 0.1) is 9.83 Å². The second kappa shape index (κ2) is 6.93. The van der Waals surface area contributed by atoms with Gasteiger partial charge >= 0.3 is 0 Å². The van der Waals surface area contributed by atoms with Crippen LogP contribution in [0, 0.1) is 3.57 Å². The fourth-order valence-corrected chi connectivity index (χ4v) is 3.43. The summed E-state index contributed by atoms with van der Waals surface area (Å²) < 4.78 is 30.7. The summed E-state index contributed by atoms with van der Waals surface area (Å²) in [6.45, 7) is 1.46. The Balaban J connectivity index is 1.84. The fourth-order valence-electron chi connectivity index (χ4n) is 2.06. The number of benzene rings is 1. The summed E-state index contributed by atoms with van der Waals surface area (Å²) in [5.74, 6) is 0.559. The zero-order valence-electron chi connectivity index (χ0n) is 11.7. The van der Waals surface area contributed by atoms with Crippen LogP contribution in [-0.4, -0.2) is 62.6 Å². The quantitative estimate of drug-likeness (QED) is 0.671. The Labute approximate surface area is 138 Å². The van der Waals surface area contributed by atoms with E-state index in [1.165, 1.54) is 10.6 Å². The monoisotopic (exact) mass is 424 g/mol. The lowest BCUT2D eigenvalue weighted by atomic mass is 10.3. The number of rotatable bonds is 4. The van der Waals surface area contributed by atoms with Gasteiger partial charge in [0.25, 0.3) is 5.91 Å². The summed E-state index contributed by atoms with van der Waals surface area (Å²) in [7, 11) is -3.17. The van der Waals surface area contributed by atoms with Crippen LogP contribution in [0.3, 0.4) is 0 Å². The van der Waals surface area contributed by atoms with Crippen molar-refractivity contribution in [1.29, 1.82) is 0 Å². The van der Waals surface area contributed by atoms with E-state index in [4.69, 9.17) is 4.74 Å². The molecule has 1 aliphatic rings. The van der Waals surface area contributed by atoms with Gasteiger partial charge in [-0.05, 0) is 34.7 Å². The van der Waals surface area contributed by atoms with Crippen molar-refractivity contribution < 1.29 is 17.9 Å². The standard InChI is InChI=1S/C13H17IN2O4S/c1-21(18,19)16-8-6-15(7-9-16)13(17)10-20-12-5-3-2-4-11(12)14/h2-5H,6-10H2,1H3. The van der Waals surface area contributed by atoms with Crippen molar-refractivity contribution in [2.24, 2.45) is 0 Å². The molecular formula is C13H17IN2O4S. The molecule has 0 N–H and O–H groups in total. The molecule has 21 heavy (non-hydrogen) atoms. The number of piperazine rings is 1. The third-order valence-corrected chi connectivity index (χ3v) is 5.44. The maximum Gasteiger partial charge on any atom is 0.260 e. The van der Waals surface area contributed by atoms with E-state index >= 15 is 0 Å². The van der Waals surface area contributed by atoms with Crippen LogP contribution in [0.1, 0.15) is 0 Å². The average Bonchev–Trinajstić information content (AvgIpc) is 2.45. The minimum Gasteiger partial charge on any atom is -0.483 e. The van der Waals surface area contributed by atoms with Crippen LogP contribution >= 0.6 is 22.6 Å². The highest BCUT2D eigenvalue weighted by molar-refractivity contribution is 14.1. The normalized spacial score (nSPS) is 16.8. The molecule has 1 aromatic carbocycles. The number of hydrogen-bond acceptors (Lipinski definition) is 4. The van der Waals surface area contributed by atoms with E-state index in [2.05, 4.69) is 22.6 Å². The minimum absolute atomic E-state index is 0.0289. The highest BCUT2D eigenvalue weighted by Crippen LogP contribution is 2.19. The Kier molecular flexibility index (Phi) is 5.44. The number of carbonyl (C=O) groups excluding carboxylic acids is 1. The van der Waals surface area contributed by atoms with Crippen LogP contribution < -0.4 is 4.74 Å². The van der Waals surface area contributed by atoms with E-state index in [0.717, 1.165) is 3.57 Å². The van der Waals surface area contributed by atoms with Crippen LogP contribution in [0.15, 0.2) is 24.3 Å². The molecule has 0 atom stereocenters. The predicted molar refractivity (Wildman–Crippen MR) is 87.7 cm³/mol. The number of carbonyl (C=O) groups is 1. The molecule has 0 saturated carbocycles. The van der Waals surface area contributed by atoms with Gasteiger partial charge < -0.3 is 9.64 Å². The van der Waals surface area contributed by atoms with E-state index in [-0.39, 0.29) is 12.5 Å². The first-order chi connectivity index (χ1) is 9.88. The first-order valence-electron chi connectivity index (χ1n) is 6.48. The molecule has 1 fully saturated rings. The van der Waals surface area contributed by atoms with E-state index in [1.54, 1.807) is 4.90 Å². The van der Waals surface area contributed by atoms with Crippen LogP contribution in [0.4, 0.5) is 0 Å². The van der Waals surface area contributed by atoms with Crippen LogP contribution in [-0.2, 0) is 14.8 Å². The predicted octanol–water partition coefficient (Wildman–Crippen LogP) is 0.774. The molecule has 2 rings (SSSR count). The lowest BCUT2D eigenvalue weighted by molar-refractivity contribution is -0.134. The van der Waals surface area contributed by atoms with Crippen molar-refractivity contribution in [3.05, 3.63) is 27.8 Å². The Morgan fingerprint density at radius 1 is 1.24 bits per heavy atom. The largest absolute Gasteiger partial charge is 0.483 e. The molecular weight excluding hydrogens is 407 g/mol. The first kappa shape index (κ1) is 16.5. The highest BCUT2D eigenvalue weighted by Gasteiger charge is 2.26. The SMILES string of the molecule is CS(=O)(=O)N1CCN(C(=O)COc2ccccc2I)CC1. The third-order valence-electron chi connectivity index (χ3n) is 3.25. The molecule has 116 valence electrons. The van der Waals surface area contributed by atoms with E-state index in [1.807, 2.05) is 24.3 Å². The number of para-hydroxylation sites is 1. The number of nitrogens with zero attached hydrogens (tertiary/aromatic N) is 2. The van der Waals surface area contributed by atoms with Gasteiger partial charge in [0.15, 0.2) is 6.61 Å². The molecule has 0 spiro atoms. The Hall–Kier alpha value is -0.870. The van der Waals surface area contributed by atoms with Crippen molar-refractivity contribution in [3.63, 3.8) is 0 Å². The third kappa shape index (κ3) is 4.55. The topological polar surface area (TPSA) is 66.9 Å². The van der Waals surface area contributed by atoms with Gasteiger partial charge in [0, 0.05) is 26.2 Å². The maximum absolute atomic E-state index is 12.1. The van der Waals surface area contributed by atoms with Crippen LogP contribution in [0.25, 0.3) is 0 Å². The van der Waals surface area contributed by atoms with Gasteiger partial charge in [-0.3, -0.25) is 4.79 Å². The number of halogens is 1. The molecule has 1 amide bonds.